The van der Waals surface area contributed by atoms with E-state index in [4.69, 9.17) is 14.2 Å². The number of carbonyl (C=O) groups excluding carboxylic acids is 1. The highest BCUT2D eigenvalue weighted by atomic mass is 16.5. The molecule has 1 aromatic rings. The van der Waals surface area contributed by atoms with Gasteiger partial charge in [-0.1, -0.05) is 19.1 Å². The van der Waals surface area contributed by atoms with Crippen molar-refractivity contribution >= 4 is 11.9 Å². The van der Waals surface area contributed by atoms with Crippen molar-refractivity contribution in [3.8, 4) is 5.75 Å². The maximum atomic E-state index is 11.6. The molecule has 0 saturated heterocycles. The SMILES string of the molecule is CCCOC(=O)CCNC(=NCc1ccc(OC)cc1)NCCCOCC. The third kappa shape index (κ3) is 11.1. The highest BCUT2D eigenvalue weighted by molar-refractivity contribution is 5.80. The molecule has 0 fully saturated rings. The fraction of sp³-hybridized carbons (Fsp3) is 0.600. The van der Waals surface area contributed by atoms with Crippen LogP contribution in [0.1, 0.15) is 38.7 Å². The maximum absolute atomic E-state index is 11.6. The average Bonchev–Trinajstić information content (AvgIpc) is 2.70. The van der Waals surface area contributed by atoms with Gasteiger partial charge in [-0.3, -0.25) is 4.79 Å². The van der Waals surface area contributed by atoms with Crippen LogP contribution in [0.5, 0.6) is 5.75 Å². The predicted octanol–water partition coefficient (Wildman–Crippen LogP) is 2.50. The van der Waals surface area contributed by atoms with Crippen LogP contribution in [0.2, 0.25) is 0 Å². The van der Waals surface area contributed by atoms with Gasteiger partial charge in [0.2, 0.25) is 0 Å². The quantitative estimate of drug-likeness (QED) is 0.237. The first-order chi connectivity index (χ1) is 13.2. The van der Waals surface area contributed by atoms with E-state index in [2.05, 4.69) is 15.6 Å². The van der Waals surface area contributed by atoms with Crippen LogP contribution in [0.4, 0.5) is 0 Å². The van der Waals surface area contributed by atoms with E-state index < -0.39 is 0 Å². The van der Waals surface area contributed by atoms with Gasteiger partial charge in [-0.2, -0.15) is 0 Å². The highest BCUT2D eigenvalue weighted by Crippen LogP contribution is 2.11. The minimum Gasteiger partial charge on any atom is -0.497 e. The first-order valence-electron chi connectivity index (χ1n) is 9.58. The smallest absolute Gasteiger partial charge is 0.307 e. The summed E-state index contributed by atoms with van der Waals surface area (Å²) in [6.07, 6.45) is 2.02. The summed E-state index contributed by atoms with van der Waals surface area (Å²) in [5.41, 5.74) is 1.08. The fourth-order valence-electron chi connectivity index (χ4n) is 2.17. The number of methoxy groups -OCH3 is 1. The van der Waals surface area contributed by atoms with E-state index in [9.17, 15) is 4.79 Å². The number of hydrogen-bond donors (Lipinski definition) is 2. The van der Waals surface area contributed by atoms with Crippen LogP contribution in [-0.4, -0.2) is 51.9 Å². The van der Waals surface area contributed by atoms with Gasteiger partial charge in [-0.15, -0.1) is 0 Å². The van der Waals surface area contributed by atoms with Crippen molar-refractivity contribution in [2.75, 3.05) is 40.0 Å². The Hall–Kier alpha value is -2.28. The van der Waals surface area contributed by atoms with E-state index in [0.29, 0.717) is 38.7 Å². The number of nitrogens with zero attached hydrogens (tertiary/aromatic N) is 1. The summed E-state index contributed by atoms with van der Waals surface area (Å²) in [6, 6.07) is 7.79. The van der Waals surface area contributed by atoms with Gasteiger partial charge in [0.05, 0.1) is 26.7 Å². The summed E-state index contributed by atoms with van der Waals surface area (Å²) >= 11 is 0. The largest absolute Gasteiger partial charge is 0.497 e. The molecule has 7 nitrogen and oxygen atoms in total. The van der Waals surface area contributed by atoms with Gasteiger partial charge in [0.25, 0.3) is 0 Å². The monoisotopic (exact) mass is 379 g/mol. The molecule has 1 aromatic carbocycles. The van der Waals surface area contributed by atoms with Crippen molar-refractivity contribution in [2.45, 2.75) is 39.7 Å². The molecule has 0 aliphatic carbocycles. The number of guanidine groups is 1. The second kappa shape index (κ2) is 14.8. The maximum Gasteiger partial charge on any atom is 0.307 e. The molecule has 0 atom stereocenters. The lowest BCUT2D eigenvalue weighted by Gasteiger charge is -2.13. The van der Waals surface area contributed by atoms with Crippen molar-refractivity contribution in [3.63, 3.8) is 0 Å². The third-order valence-corrected chi connectivity index (χ3v) is 3.63. The number of nitrogens with one attached hydrogen (secondary N) is 2. The lowest BCUT2D eigenvalue weighted by molar-refractivity contribution is -0.143. The Balaban J connectivity index is 2.50. The Morgan fingerprint density at radius 3 is 2.48 bits per heavy atom. The highest BCUT2D eigenvalue weighted by Gasteiger charge is 2.04. The molecule has 0 aromatic heterocycles. The number of hydrogen-bond acceptors (Lipinski definition) is 5. The molecule has 0 saturated carbocycles. The lowest BCUT2D eigenvalue weighted by Crippen LogP contribution is -2.39. The number of esters is 1. The molecule has 0 heterocycles. The van der Waals surface area contributed by atoms with Gasteiger partial charge >= 0.3 is 5.97 Å². The molecule has 0 amide bonds. The molecule has 0 bridgehead atoms. The summed E-state index contributed by atoms with van der Waals surface area (Å²) in [4.78, 5) is 16.2. The molecule has 0 spiro atoms. The molecule has 152 valence electrons. The van der Waals surface area contributed by atoms with E-state index in [1.807, 2.05) is 38.1 Å². The molecule has 1 rings (SSSR count). The molecule has 2 N–H and O–H groups in total. The number of ether oxygens (including phenoxy) is 3. The van der Waals surface area contributed by atoms with Crippen LogP contribution >= 0.6 is 0 Å². The van der Waals surface area contributed by atoms with E-state index >= 15 is 0 Å². The minimum absolute atomic E-state index is 0.199. The fourth-order valence-corrected chi connectivity index (χ4v) is 2.17. The lowest BCUT2D eigenvalue weighted by atomic mass is 10.2. The summed E-state index contributed by atoms with van der Waals surface area (Å²) < 4.78 is 15.6. The Morgan fingerprint density at radius 1 is 1.07 bits per heavy atom. The molecule has 0 radical (unpaired) electrons. The van der Waals surface area contributed by atoms with E-state index in [1.165, 1.54) is 0 Å². The Kier molecular flexibility index (Phi) is 12.5. The summed E-state index contributed by atoms with van der Waals surface area (Å²) in [5, 5.41) is 6.45. The minimum atomic E-state index is -0.199. The topological polar surface area (TPSA) is 81.2 Å². The normalized spacial score (nSPS) is 11.1. The molecule has 27 heavy (non-hydrogen) atoms. The van der Waals surface area contributed by atoms with Crippen LogP contribution in [0.25, 0.3) is 0 Å². The predicted molar refractivity (Wildman–Crippen MR) is 107 cm³/mol. The summed E-state index contributed by atoms with van der Waals surface area (Å²) in [7, 11) is 1.65. The number of benzene rings is 1. The second-order valence-electron chi connectivity index (χ2n) is 5.89. The Labute approximate surface area is 162 Å². The third-order valence-electron chi connectivity index (χ3n) is 3.63. The average molecular weight is 380 g/mol. The zero-order chi connectivity index (χ0) is 19.7. The Bertz CT molecular complexity index is 547. The zero-order valence-corrected chi connectivity index (χ0v) is 16.8. The Morgan fingerprint density at radius 2 is 1.81 bits per heavy atom. The summed E-state index contributed by atoms with van der Waals surface area (Å²) in [5.74, 6) is 1.29. The number of aliphatic imine (C=N–C) groups is 1. The second-order valence-corrected chi connectivity index (χ2v) is 5.89. The zero-order valence-electron chi connectivity index (χ0n) is 16.8. The van der Waals surface area contributed by atoms with Crippen molar-refractivity contribution < 1.29 is 19.0 Å². The molecule has 0 aliphatic rings. The number of carbonyl (C=O) groups is 1. The van der Waals surface area contributed by atoms with Gasteiger partial charge in [0.15, 0.2) is 5.96 Å². The van der Waals surface area contributed by atoms with Crippen LogP contribution in [0.3, 0.4) is 0 Å². The van der Waals surface area contributed by atoms with E-state index in [-0.39, 0.29) is 5.97 Å². The van der Waals surface area contributed by atoms with Gasteiger partial charge < -0.3 is 24.8 Å². The summed E-state index contributed by atoms with van der Waals surface area (Å²) in [6.45, 7) is 7.60. The van der Waals surface area contributed by atoms with Crippen LogP contribution in [-0.2, 0) is 20.8 Å². The van der Waals surface area contributed by atoms with Gasteiger partial charge in [-0.25, -0.2) is 4.99 Å². The van der Waals surface area contributed by atoms with Crippen LogP contribution in [0, 0.1) is 0 Å². The standard InChI is InChI=1S/C20H33N3O4/c1-4-14-27-19(24)11-13-22-20(21-12-6-15-26-5-2)23-16-17-7-9-18(25-3)10-8-17/h7-10H,4-6,11-16H2,1-3H3,(H2,21,22,23). The first kappa shape index (κ1) is 22.8. The van der Waals surface area contributed by atoms with E-state index in [0.717, 1.165) is 37.3 Å². The molecular formula is C20H33N3O4. The van der Waals surface area contributed by atoms with Crippen molar-refractivity contribution in [1.29, 1.82) is 0 Å². The van der Waals surface area contributed by atoms with E-state index in [1.54, 1.807) is 7.11 Å². The molecular weight excluding hydrogens is 346 g/mol. The van der Waals surface area contributed by atoms with Gasteiger partial charge in [0, 0.05) is 26.3 Å². The van der Waals surface area contributed by atoms with Gasteiger partial charge in [-0.05, 0) is 37.5 Å². The first-order valence-corrected chi connectivity index (χ1v) is 9.58. The van der Waals surface area contributed by atoms with Crippen molar-refractivity contribution in [3.05, 3.63) is 29.8 Å². The molecule has 0 unspecified atom stereocenters. The molecule has 0 aliphatic heterocycles. The van der Waals surface area contributed by atoms with Crippen molar-refractivity contribution in [2.24, 2.45) is 4.99 Å². The van der Waals surface area contributed by atoms with Crippen molar-refractivity contribution in [1.82, 2.24) is 10.6 Å². The van der Waals surface area contributed by atoms with Gasteiger partial charge in [0.1, 0.15) is 5.75 Å². The van der Waals surface area contributed by atoms with Crippen LogP contribution in [0.15, 0.2) is 29.3 Å². The van der Waals surface area contributed by atoms with Crippen LogP contribution < -0.4 is 15.4 Å². The number of rotatable bonds is 13. The molecule has 7 heteroatoms.